The molecule has 0 N–H and O–H groups in total. The highest BCUT2D eigenvalue weighted by Gasteiger charge is 2.21. The molecule has 1 fully saturated rings. The summed E-state index contributed by atoms with van der Waals surface area (Å²) in [5.41, 5.74) is 0.892. The van der Waals surface area contributed by atoms with Gasteiger partial charge in [0.1, 0.15) is 11.6 Å². The smallest absolute Gasteiger partial charge is 0.138 e. The van der Waals surface area contributed by atoms with Gasteiger partial charge in [-0.3, -0.25) is 4.79 Å². The summed E-state index contributed by atoms with van der Waals surface area (Å²) < 4.78 is 5.47. The van der Waals surface area contributed by atoms with Crippen molar-refractivity contribution >= 4 is 5.78 Å². The van der Waals surface area contributed by atoms with E-state index in [4.69, 9.17) is 4.74 Å². The first-order valence-electron chi connectivity index (χ1n) is 4.67. The molecule has 1 aliphatic rings. The van der Waals surface area contributed by atoms with Crippen molar-refractivity contribution in [1.29, 1.82) is 0 Å². The van der Waals surface area contributed by atoms with Gasteiger partial charge >= 0.3 is 0 Å². The molecule has 0 spiro atoms. The second kappa shape index (κ2) is 3.84. The molecule has 0 bridgehead atoms. The number of hydrogen-bond acceptors (Lipinski definition) is 4. The number of rotatable bonds is 1. The number of ketones is 1. The number of nitrogens with zero attached hydrogens (tertiary/aromatic N) is 2. The maximum atomic E-state index is 11.2. The Morgan fingerprint density at radius 2 is 2.14 bits per heavy atom. The van der Waals surface area contributed by atoms with E-state index >= 15 is 0 Å². The van der Waals surface area contributed by atoms with E-state index in [0.717, 1.165) is 11.4 Å². The fraction of sp³-hybridized carbons (Fsp3) is 0.500. The zero-order valence-corrected chi connectivity index (χ0v) is 8.06. The Kier molecular flexibility index (Phi) is 2.54. The lowest BCUT2D eigenvalue weighted by Gasteiger charge is -2.21. The minimum atomic E-state index is -0.142. The molecule has 14 heavy (non-hydrogen) atoms. The Balaban J connectivity index is 2.14. The first-order valence-corrected chi connectivity index (χ1v) is 4.67. The molecule has 1 aliphatic heterocycles. The molecule has 0 amide bonds. The number of Topliss-reactive ketones (excluding diaryl/α,β-unsaturated/α-hetero) is 1. The van der Waals surface area contributed by atoms with Crippen LogP contribution in [-0.4, -0.2) is 22.4 Å². The maximum absolute atomic E-state index is 11.2. The molecule has 0 radical (unpaired) electrons. The average Bonchev–Trinajstić information content (AvgIpc) is 2.19. The molecule has 2 rings (SSSR count). The molecule has 1 aromatic rings. The molecule has 1 unspecified atom stereocenters. The van der Waals surface area contributed by atoms with Crippen molar-refractivity contribution in [3.05, 3.63) is 23.8 Å². The zero-order chi connectivity index (χ0) is 9.97. The number of aryl methyl sites for hydroxylation is 1. The number of hydrogen-bond donors (Lipinski definition) is 0. The molecule has 4 heteroatoms. The van der Waals surface area contributed by atoms with E-state index in [9.17, 15) is 4.79 Å². The molecule has 1 atom stereocenters. The number of carbonyl (C=O) groups excluding carboxylic acids is 1. The van der Waals surface area contributed by atoms with Crippen LogP contribution in [0.2, 0.25) is 0 Å². The van der Waals surface area contributed by atoms with E-state index in [1.165, 1.54) is 0 Å². The molecular weight excluding hydrogens is 180 g/mol. The van der Waals surface area contributed by atoms with Gasteiger partial charge in [0.2, 0.25) is 0 Å². The van der Waals surface area contributed by atoms with E-state index in [2.05, 4.69) is 9.97 Å². The van der Waals surface area contributed by atoms with Crippen LogP contribution in [0.5, 0.6) is 0 Å². The summed E-state index contributed by atoms with van der Waals surface area (Å²) in [5, 5.41) is 0. The number of carbonyl (C=O) groups is 1. The van der Waals surface area contributed by atoms with Gasteiger partial charge in [-0.1, -0.05) is 0 Å². The van der Waals surface area contributed by atoms with Crippen molar-refractivity contribution in [3.63, 3.8) is 0 Å². The average molecular weight is 192 g/mol. The Bertz CT molecular complexity index is 334. The van der Waals surface area contributed by atoms with Crippen molar-refractivity contribution < 1.29 is 9.53 Å². The van der Waals surface area contributed by atoms with Crippen molar-refractivity contribution in [3.8, 4) is 0 Å². The SMILES string of the molecule is Cc1ncc(C2CC(=O)CCO2)cn1. The minimum Gasteiger partial charge on any atom is -0.372 e. The molecule has 0 aromatic carbocycles. The lowest BCUT2D eigenvalue weighted by molar-refractivity contribution is -0.128. The lowest BCUT2D eigenvalue weighted by atomic mass is 10.0. The molecular formula is C10H12N2O2. The quantitative estimate of drug-likeness (QED) is 0.671. The molecule has 74 valence electrons. The topological polar surface area (TPSA) is 52.1 Å². The highest BCUT2D eigenvalue weighted by molar-refractivity contribution is 5.79. The second-order valence-corrected chi connectivity index (χ2v) is 3.42. The Morgan fingerprint density at radius 1 is 1.43 bits per heavy atom. The highest BCUT2D eigenvalue weighted by atomic mass is 16.5. The van der Waals surface area contributed by atoms with Crippen LogP contribution in [0.3, 0.4) is 0 Å². The molecule has 0 aliphatic carbocycles. The third-order valence-corrected chi connectivity index (χ3v) is 2.29. The highest BCUT2D eigenvalue weighted by Crippen LogP contribution is 2.24. The van der Waals surface area contributed by atoms with Gasteiger partial charge in [-0.15, -0.1) is 0 Å². The van der Waals surface area contributed by atoms with Gasteiger partial charge in [0.15, 0.2) is 0 Å². The van der Waals surface area contributed by atoms with Crippen molar-refractivity contribution in [2.75, 3.05) is 6.61 Å². The standard InChI is InChI=1S/C10H12N2O2/c1-7-11-5-8(6-12-7)10-4-9(13)2-3-14-10/h5-6,10H,2-4H2,1H3. The van der Waals surface area contributed by atoms with Crippen LogP contribution >= 0.6 is 0 Å². The summed E-state index contributed by atoms with van der Waals surface area (Å²) in [6.45, 7) is 2.34. The normalized spacial score (nSPS) is 22.4. The molecule has 2 heterocycles. The van der Waals surface area contributed by atoms with Crippen LogP contribution in [0.1, 0.15) is 30.3 Å². The van der Waals surface area contributed by atoms with Gasteiger partial charge in [0, 0.05) is 30.8 Å². The van der Waals surface area contributed by atoms with Gasteiger partial charge in [-0.25, -0.2) is 9.97 Å². The Hall–Kier alpha value is -1.29. The zero-order valence-electron chi connectivity index (χ0n) is 8.06. The van der Waals surface area contributed by atoms with Crippen LogP contribution in [0.15, 0.2) is 12.4 Å². The van der Waals surface area contributed by atoms with E-state index in [1.807, 2.05) is 6.92 Å². The fourth-order valence-corrected chi connectivity index (χ4v) is 1.47. The molecule has 0 saturated carbocycles. The van der Waals surface area contributed by atoms with Crippen LogP contribution in [0.4, 0.5) is 0 Å². The second-order valence-electron chi connectivity index (χ2n) is 3.42. The largest absolute Gasteiger partial charge is 0.372 e. The van der Waals surface area contributed by atoms with Crippen molar-refractivity contribution in [1.82, 2.24) is 9.97 Å². The van der Waals surface area contributed by atoms with Gasteiger partial charge < -0.3 is 4.74 Å². The Morgan fingerprint density at radius 3 is 2.79 bits per heavy atom. The van der Waals surface area contributed by atoms with Gasteiger partial charge in [0.25, 0.3) is 0 Å². The minimum absolute atomic E-state index is 0.142. The van der Waals surface area contributed by atoms with Crippen LogP contribution in [0.25, 0.3) is 0 Å². The molecule has 1 saturated heterocycles. The summed E-state index contributed by atoms with van der Waals surface area (Å²) >= 11 is 0. The van der Waals surface area contributed by atoms with E-state index < -0.39 is 0 Å². The first kappa shape index (κ1) is 9.27. The van der Waals surface area contributed by atoms with E-state index in [-0.39, 0.29) is 11.9 Å². The number of ether oxygens (including phenoxy) is 1. The summed E-state index contributed by atoms with van der Waals surface area (Å²) in [5.74, 6) is 0.984. The summed E-state index contributed by atoms with van der Waals surface area (Å²) in [4.78, 5) is 19.3. The summed E-state index contributed by atoms with van der Waals surface area (Å²) in [6, 6.07) is 0. The van der Waals surface area contributed by atoms with Crippen molar-refractivity contribution in [2.45, 2.75) is 25.9 Å². The van der Waals surface area contributed by atoms with Gasteiger partial charge in [-0.2, -0.15) is 0 Å². The van der Waals surface area contributed by atoms with E-state index in [0.29, 0.717) is 19.4 Å². The summed E-state index contributed by atoms with van der Waals surface area (Å²) in [7, 11) is 0. The maximum Gasteiger partial charge on any atom is 0.138 e. The van der Waals surface area contributed by atoms with Gasteiger partial charge in [-0.05, 0) is 6.92 Å². The van der Waals surface area contributed by atoms with Crippen LogP contribution in [-0.2, 0) is 9.53 Å². The summed E-state index contributed by atoms with van der Waals surface area (Å²) in [6.07, 6.45) is 4.30. The van der Waals surface area contributed by atoms with E-state index in [1.54, 1.807) is 12.4 Å². The van der Waals surface area contributed by atoms with Gasteiger partial charge in [0.05, 0.1) is 12.7 Å². The predicted octanol–water partition coefficient (Wildman–Crippen LogP) is 1.21. The third kappa shape index (κ3) is 1.96. The van der Waals surface area contributed by atoms with Crippen molar-refractivity contribution in [2.24, 2.45) is 0 Å². The molecule has 4 nitrogen and oxygen atoms in total. The predicted molar refractivity (Wildman–Crippen MR) is 49.7 cm³/mol. The monoisotopic (exact) mass is 192 g/mol. The lowest BCUT2D eigenvalue weighted by Crippen LogP contribution is -2.19. The Labute approximate surface area is 82.3 Å². The van der Waals surface area contributed by atoms with Crippen LogP contribution < -0.4 is 0 Å². The third-order valence-electron chi connectivity index (χ3n) is 2.29. The first-order chi connectivity index (χ1) is 6.75. The fourth-order valence-electron chi connectivity index (χ4n) is 1.47. The number of aromatic nitrogens is 2. The van der Waals surface area contributed by atoms with Crippen LogP contribution in [0, 0.1) is 6.92 Å². The molecule has 1 aromatic heterocycles.